The second kappa shape index (κ2) is 7.43. The Hall–Kier alpha value is -1.59. The summed E-state index contributed by atoms with van der Waals surface area (Å²) in [6.07, 6.45) is 0.476. The van der Waals surface area contributed by atoms with Gasteiger partial charge >= 0.3 is 0 Å². The number of benzene rings is 1. The Morgan fingerprint density at radius 1 is 1.33 bits per heavy atom. The van der Waals surface area contributed by atoms with Gasteiger partial charge < -0.3 is 20.5 Å². The third kappa shape index (κ3) is 5.02. The summed E-state index contributed by atoms with van der Waals surface area (Å²) in [4.78, 5) is 12.1. The summed E-state index contributed by atoms with van der Waals surface area (Å²) in [7, 11) is 3.16. The van der Waals surface area contributed by atoms with Crippen LogP contribution in [0, 0.1) is 0 Å². The molecule has 0 fully saturated rings. The second-order valence-electron chi connectivity index (χ2n) is 6.04. The topological polar surface area (TPSA) is 73.6 Å². The SMILES string of the molecule is COCCC(N)C(=O)Nc1cc(C(C)(C)C)ccc1OC. The van der Waals surface area contributed by atoms with Crippen LogP contribution in [0.3, 0.4) is 0 Å². The van der Waals surface area contributed by atoms with Gasteiger partial charge in [-0.2, -0.15) is 0 Å². The lowest BCUT2D eigenvalue weighted by molar-refractivity contribution is -0.117. The van der Waals surface area contributed by atoms with Crippen molar-refractivity contribution in [1.82, 2.24) is 0 Å². The number of nitrogens with two attached hydrogens (primary N) is 1. The van der Waals surface area contributed by atoms with Crippen LogP contribution < -0.4 is 15.8 Å². The largest absolute Gasteiger partial charge is 0.495 e. The Morgan fingerprint density at radius 3 is 2.52 bits per heavy atom. The van der Waals surface area contributed by atoms with Gasteiger partial charge in [0.15, 0.2) is 0 Å². The molecule has 0 aromatic heterocycles. The Balaban J connectivity index is 2.92. The highest BCUT2D eigenvalue weighted by atomic mass is 16.5. The van der Waals surface area contributed by atoms with Gasteiger partial charge in [0.25, 0.3) is 0 Å². The number of amides is 1. The standard InChI is InChI=1S/C16H26N2O3/c1-16(2,3)11-6-7-14(21-5)13(10-11)18-15(19)12(17)8-9-20-4/h6-7,10,12H,8-9,17H2,1-5H3,(H,18,19). The minimum absolute atomic E-state index is 0.0100. The molecule has 0 radical (unpaired) electrons. The third-order valence-corrected chi connectivity index (χ3v) is 3.29. The molecule has 1 atom stereocenters. The molecular weight excluding hydrogens is 268 g/mol. The van der Waals surface area contributed by atoms with Crippen LogP contribution in [0.2, 0.25) is 0 Å². The number of hydrogen-bond acceptors (Lipinski definition) is 4. The van der Waals surface area contributed by atoms with Crippen LogP contribution in [-0.4, -0.2) is 32.8 Å². The minimum atomic E-state index is -0.604. The Bertz CT molecular complexity index is 481. The average molecular weight is 294 g/mol. The first-order valence-electron chi connectivity index (χ1n) is 7.03. The molecular formula is C16H26N2O3. The van der Waals surface area contributed by atoms with Gasteiger partial charge in [0.1, 0.15) is 5.75 Å². The monoisotopic (exact) mass is 294 g/mol. The predicted octanol–water partition coefficient (Wildman–Crippen LogP) is 2.29. The number of methoxy groups -OCH3 is 2. The molecule has 0 aliphatic carbocycles. The molecule has 1 amide bonds. The molecule has 1 aromatic carbocycles. The first-order valence-corrected chi connectivity index (χ1v) is 7.03. The molecule has 1 aromatic rings. The van der Waals surface area contributed by atoms with E-state index in [-0.39, 0.29) is 11.3 Å². The lowest BCUT2D eigenvalue weighted by Crippen LogP contribution is -2.36. The second-order valence-corrected chi connectivity index (χ2v) is 6.04. The average Bonchev–Trinajstić information content (AvgIpc) is 2.43. The van der Waals surface area contributed by atoms with Gasteiger partial charge in [0.05, 0.1) is 18.8 Å². The highest BCUT2D eigenvalue weighted by Crippen LogP contribution is 2.31. The predicted molar refractivity (Wildman–Crippen MR) is 84.8 cm³/mol. The van der Waals surface area contributed by atoms with E-state index >= 15 is 0 Å². The molecule has 0 saturated heterocycles. The first-order chi connectivity index (χ1) is 9.79. The molecule has 1 unspecified atom stereocenters. The van der Waals surface area contributed by atoms with Crippen molar-refractivity contribution in [2.45, 2.75) is 38.6 Å². The van der Waals surface area contributed by atoms with Crippen LogP contribution in [0.5, 0.6) is 5.75 Å². The van der Waals surface area contributed by atoms with Crippen molar-refractivity contribution in [2.75, 3.05) is 26.1 Å². The number of anilines is 1. The maximum absolute atomic E-state index is 12.1. The van der Waals surface area contributed by atoms with Crippen molar-refractivity contribution in [3.8, 4) is 5.75 Å². The Kier molecular flexibility index (Phi) is 6.18. The number of ether oxygens (including phenoxy) is 2. The summed E-state index contributed by atoms with van der Waals surface area (Å²) in [5.74, 6) is 0.381. The summed E-state index contributed by atoms with van der Waals surface area (Å²) >= 11 is 0. The smallest absolute Gasteiger partial charge is 0.241 e. The summed E-state index contributed by atoms with van der Waals surface area (Å²) in [6.45, 7) is 6.80. The highest BCUT2D eigenvalue weighted by molar-refractivity contribution is 5.96. The van der Waals surface area contributed by atoms with Gasteiger partial charge in [0.2, 0.25) is 5.91 Å². The molecule has 0 saturated carbocycles. The van der Waals surface area contributed by atoms with Crippen LogP contribution in [0.15, 0.2) is 18.2 Å². The Morgan fingerprint density at radius 2 is 2.00 bits per heavy atom. The van der Waals surface area contributed by atoms with Crippen molar-refractivity contribution >= 4 is 11.6 Å². The van der Waals surface area contributed by atoms with Crippen LogP contribution >= 0.6 is 0 Å². The quantitative estimate of drug-likeness (QED) is 0.844. The highest BCUT2D eigenvalue weighted by Gasteiger charge is 2.19. The zero-order valence-corrected chi connectivity index (χ0v) is 13.5. The van der Waals surface area contributed by atoms with Crippen molar-refractivity contribution in [2.24, 2.45) is 5.73 Å². The fourth-order valence-corrected chi connectivity index (χ4v) is 1.87. The summed E-state index contributed by atoms with van der Waals surface area (Å²) < 4.78 is 10.2. The summed E-state index contributed by atoms with van der Waals surface area (Å²) in [6, 6.07) is 5.18. The van der Waals surface area contributed by atoms with E-state index in [1.54, 1.807) is 14.2 Å². The van der Waals surface area contributed by atoms with E-state index in [0.717, 1.165) is 5.56 Å². The molecule has 0 aliphatic heterocycles. The maximum Gasteiger partial charge on any atom is 0.241 e. The minimum Gasteiger partial charge on any atom is -0.495 e. The molecule has 0 spiro atoms. The maximum atomic E-state index is 12.1. The van der Waals surface area contributed by atoms with E-state index < -0.39 is 6.04 Å². The van der Waals surface area contributed by atoms with E-state index in [1.807, 2.05) is 18.2 Å². The number of rotatable bonds is 6. The molecule has 5 nitrogen and oxygen atoms in total. The molecule has 5 heteroatoms. The van der Waals surface area contributed by atoms with Gasteiger partial charge in [-0.1, -0.05) is 26.8 Å². The lowest BCUT2D eigenvalue weighted by Gasteiger charge is -2.22. The third-order valence-electron chi connectivity index (χ3n) is 3.29. The normalized spacial score (nSPS) is 12.9. The van der Waals surface area contributed by atoms with E-state index in [9.17, 15) is 4.79 Å². The van der Waals surface area contributed by atoms with Gasteiger partial charge in [-0.25, -0.2) is 0 Å². The van der Waals surface area contributed by atoms with Crippen LogP contribution in [-0.2, 0) is 14.9 Å². The van der Waals surface area contributed by atoms with Gasteiger partial charge in [-0.3, -0.25) is 4.79 Å². The zero-order chi connectivity index (χ0) is 16.0. The van der Waals surface area contributed by atoms with Crippen molar-refractivity contribution < 1.29 is 14.3 Å². The molecule has 21 heavy (non-hydrogen) atoms. The van der Waals surface area contributed by atoms with Crippen LogP contribution in [0.1, 0.15) is 32.8 Å². The number of carbonyl (C=O) groups excluding carboxylic acids is 1. The van der Waals surface area contributed by atoms with E-state index in [2.05, 4.69) is 26.1 Å². The molecule has 0 heterocycles. The van der Waals surface area contributed by atoms with Crippen molar-refractivity contribution in [3.05, 3.63) is 23.8 Å². The van der Waals surface area contributed by atoms with Crippen molar-refractivity contribution in [3.63, 3.8) is 0 Å². The first kappa shape index (κ1) is 17.5. The van der Waals surface area contributed by atoms with Crippen LogP contribution in [0.25, 0.3) is 0 Å². The lowest BCUT2D eigenvalue weighted by atomic mass is 9.87. The molecule has 3 N–H and O–H groups in total. The van der Waals surface area contributed by atoms with E-state index in [4.69, 9.17) is 15.2 Å². The summed E-state index contributed by atoms with van der Waals surface area (Å²) in [5.41, 5.74) is 7.58. The summed E-state index contributed by atoms with van der Waals surface area (Å²) in [5, 5.41) is 2.84. The van der Waals surface area contributed by atoms with Gasteiger partial charge in [-0.05, 0) is 29.5 Å². The zero-order valence-electron chi connectivity index (χ0n) is 13.5. The number of hydrogen-bond donors (Lipinski definition) is 2. The molecule has 1 rings (SSSR count). The van der Waals surface area contributed by atoms with Gasteiger partial charge in [-0.15, -0.1) is 0 Å². The van der Waals surface area contributed by atoms with Crippen LogP contribution in [0.4, 0.5) is 5.69 Å². The molecule has 0 bridgehead atoms. The van der Waals surface area contributed by atoms with E-state index in [0.29, 0.717) is 24.5 Å². The number of nitrogens with one attached hydrogen (secondary N) is 1. The van der Waals surface area contributed by atoms with Crippen molar-refractivity contribution in [1.29, 1.82) is 0 Å². The fourth-order valence-electron chi connectivity index (χ4n) is 1.87. The fraction of sp³-hybridized carbons (Fsp3) is 0.562. The van der Waals surface area contributed by atoms with E-state index in [1.165, 1.54) is 0 Å². The number of carbonyl (C=O) groups is 1. The molecule has 0 aliphatic rings. The Labute approximate surface area is 126 Å². The molecule has 118 valence electrons. The van der Waals surface area contributed by atoms with Gasteiger partial charge in [0, 0.05) is 13.7 Å².